The van der Waals surface area contributed by atoms with Crippen LogP contribution in [0.1, 0.15) is 19.4 Å². The molecule has 0 heterocycles. The predicted octanol–water partition coefficient (Wildman–Crippen LogP) is 2.42. The third-order valence-electron chi connectivity index (χ3n) is 2.15. The van der Waals surface area contributed by atoms with Crippen molar-refractivity contribution in [3.05, 3.63) is 29.8 Å². The quantitative estimate of drug-likeness (QED) is 0.759. The Morgan fingerprint density at radius 2 is 1.90 bits per heavy atom. The van der Waals surface area contributed by atoms with Gasteiger partial charge in [0.1, 0.15) is 0 Å². The molecule has 1 aromatic carbocycles. The molecule has 20 heavy (non-hydrogen) atoms. The number of nitrogens with one attached hydrogen (secondary N) is 2. The summed E-state index contributed by atoms with van der Waals surface area (Å²) in [4.78, 5) is 11.2. The maximum Gasteiger partial charge on any atom is 0.422 e. The highest BCUT2D eigenvalue weighted by atomic mass is 79.9. The number of benzene rings is 1. The summed E-state index contributed by atoms with van der Waals surface area (Å²) in [5, 5.41) is 0.834. The fourth-order valence-electron chi connectivity index (χ4n) is 1.38. The van der Waals surface area contributed by atoms with Crippen LogP contribution >= 0.6 is 15.9 Å². The number of hydrogen-bond acceptors (Lipinski definition) is 4. The van der Waals surface area contributed by atoms with E-state index in [0.717, 1.165) is 17.3 Å². The van der Waals surface area contributed by atoms with Crippen LogP contribution in [0.25, 0.3) is 0 Å². The minimum atomic E-state index is -3.99. The van der Waals surface area contributed by atoms with Crippen molar-refractivity contribution in [2.24, 2.45) is 0 Å². The Hall–Kier alpha value is -1.28. The third kappa shape index (κ3) is 6.25. The van der Waals surface area contributed by atoms with Gasteiger partial charge in [-0.2, -0.15) is 8.42 Å². The SMILES string of the molecule is CC(C)OC(=O)NS(=O)(=O)Nc1ccc(CCBr)cc1. The Kier molecular flexibility index (Phi) is 6.28. The number of hydrogen-bond donors (Lipinski definition) is 2. The molecule has 0 atom stereocenters. The van der Waals surface area contributed by atoms with Gasteiger partial charge in [-0.1, -0.05) is 28.1 Å². The van der Waals surface area contributed by atoms with Crippen LogP contribution in [-0.2, 0) is 21.4 Å². The first kappa shape index (κ1) is 16.8. The first-order valence-electron chi connectivity index (χ1n) is 5.98. The van der Waals surface area contributed by atoms with E-state index in [1.165, 1.54) is 0 Å². The fourth-order valence-corrected chi connectivity index (χ4v) is 2.60. The first-order chi connectivity index (χ1) is 9.32. The number of aryl methyl sites for hydroxylation is 1. The highest BCUT2D eigenvalue weighted by Crippen LogP contribution is 2.12. The molecule has 0 unspecified atom stereocenters. The van der Waals surface area contributed by atoms with E-state index in [1.54, 1.807) is 30.7 Å². The summed E-state index contributed by atoms with van der Waals surface area (Å²) in [6.45, 7) is 3.25. The lowest BCUT2D eigenvalue weighted by Crippen LogP contribution is -2.36. The first-order valence-corrected chi connectivity index (χ1v) is 8.59. The topological polar surface area (TPSA) is 84.5 Å². The molecule has 0 aliphatic carbocycles. The smallest absolute Gasteiger partial charge is 0.422 e. The van der Waals surface area contributed by atoms with Gasteiger partial charge in [0, 0.05) is 5.33 Å². The molecule has 2 N–H and O–H groups in total. The fraction of sp³-hybridized carbons (Fsp3) is 0.417. The lowest BCUT2D eigenvalue weighted by Gasteiger charge is -2.11. The molecule has 0 bridgehead atoms. The minimum absolute atomic E-state index is 0.369. The molecule has 112 valence electrons. The standard InChI is InChI=1S/C12H17BrN2O4S/c1-9(2)19-12(16)15-20(17,18)14-11-5-3-10(4-6-11)7-8-13/h3-6,9,14H,7-8H2,1-2H3,(H,15,16). The molecule has 0 aliphatic rings. The number of carbonyl (C=O) groups excluding carboxylic acids is 1. The van der Waals surface area contributed by atoms with Gasteiger partial charge in [0.2, 0.25) is 0 Å². The van der Waals surface area contributed by atoms with Gasteiger partial charge < -0.3 is 4.74 Å². The van der Waals surface area contributed by atoms with E-state index in [-0.39, 0.29) is 0 Å². The molecule has 0 aliphatic heterocycles. The number of alkyl halides is 1. The molecule has 0 aromatic heterocycles. The molecule has 0 fully saturated rings. The predicted molar refractivity (Wildman–Crippen MR) is 81.2 cm³/mol. The van der Waals surface area contributed by atoms with Crippen molar-refractivity contribution in [1.29, 1.82) is 0 Å². The van der Waals surface area contributed by atoms with E-state index in [2.05, 4.69) is 20.7 Å². The average Bonchev–Trinajstić information content (AvgIpc) is 2.29. The van der Waals surface area contributed by atoms with Crippen LogP contribution < -0.4 is 9.44 Å². The lowest BCUT2D eigenvalue weighted by molar-refractivity contribution is 0.121. The number of anilines is 1. The number of ether oxygens (including phenoxy) is 1. The van der Waals surface area contributed by atoms with E-state index in [1.807, 2.05) is 12.1 Å². The molecule has 6 nitrogen and oxygen atoms in total. The Bertz CT molecular complexity index is 543. The Labute approximate surface area is 127 Å². The molecule has 1 amide bonds. The van der Waals surface area contributed by atoms with E-state index < -0.39 is 22.4 Å². The van der Waals surface area contributed by atoms with Crippen LogP contribution in [0, 0.1) is 0 Å². The zero-order valence-corrected chi connectivity index (χ0v) is 13.6. The van der Waals surface area contributed by atoms with Gasteiger partial charge in [-0.25, -0.2) is 9.52 Å². The molecule has 8 heteroatoms. The Morgan fingerprint density at radius 3 is 2.40 bits per heavy atom. The molecule has 0 saturated heterocycles. The summed E-state index contributed by atoms with van der Waals surface area (Å²) in [6.07, 6.45) is -0.552. The number of halogens is 1. The van der Waals surface area contributed by atoms with E-state index in [4.69, 9.17) is 4.74 Å². The third-order valence-corrected chi connectivity index (χ3v) is 3.49. The van der Waals surface area contributed by atoms with Crippen molar-refractivity contribution in [2.45, 2.75) is 26.4 Å². The van der Waals surface area contributed by atoms with Crippen molar-refractivity contribution >= 4 is 37.9 Å². The highest BCUT2D eigenvalue weighted by molar-refractivity contribution is 9.09. The van der Waals surface area contributed by atoms with Crippen molar-refractivity contribution in [3.8, 4) is 0 Å². The summed E-state index contributed by atoms with van der Waals surface area (Å²) in [5.74, 6) is 0. The molecular formula is C12H17BrN2O4S. The summed E-state index contributed by atoms with van der Waals surface area (Å²) < 4.78 is 32.1. The molecule has 1 rings (SSSR count). The van der Waals surface area contributed by atoms with Crippen LogP contribution in [0.3, 0.4) is 0 Å². The Balaban J connectivity index is 2.64. The van der Waals surface area contributed by atoms with Crippen molar-refractivity contribution in [3.63, 3.8) is 0 Å². The number of carbonyl (C=O) groups is 1. The second kappa shape index (κ2) is 7.49. The van der Waals surface area contributed by atoms with Gasteiger partial charge in [-0.3, -0.25) is 4.72 Å². The van der Waals surface area contributed by atoms with Crippen molar-refractivity contribution < 1.29 is 17.9 Å². The lowest BCUT2D eigenvalue weighted by atomic mass is 10.2. The summed E-state index contributed by atoms with van der Waals surface area (Å²) in [5.41, 5.74) is 1.45. The molecule has 0 radical (unpaired) electrons. The van der Waals surface area contributed by atoms with Crippen LogP contribution in [0.15, 0.2) is 24.3 Å². The number of amides is 1. The summed E-state index contributed by atoms with van der Waals surface area (Å²) in [7, 11) is -3.99. The van der Waals surface area contributed by atoms with Gasteiger partial charge in [-0.15, -0.1) is 0 Å². The van der Waals surface area contributed by atoms with Gasteiger partial charge in [0.05, 0.1) is 11.8 Å². The van der Waals surface area contributed by atoms with Gasteiger partial charge in [0.15, 0.2) is 0 Å². The van der Waals surface area contributed by atoms with Gasteiger partial charge in [0.25, 0.3) is 0 Å². The second-order valence-electron chi connectivity index (χ2n) is 4.30. The minimum Gasteiger partial charge on any atom is -0.446 e. The highest BCUT2D eigenvalue weighted by Gasteiger charge is 2.16. The zero-order valence-electron chi connectivity index (χ0n) is 11.2. The molecule has 0 saturated carbocycles. The van der Waals surface area contributed by atoms with Crippen LogP contribution in [0.5, 0.6) is 0 Å². The van der Waals surface area contributed by atoms with Crippen LogP contribution in [0.2, 0.25) is 0 Å². The van der Waals surface area contributed by atoms with E-state index in [9.17, 15) is 13.2 Å². The molecule has 1 aromatic rings. The van der Waals surface area contributed by atoms with Gasteiger partial charge >= 0.3 is 16.3 Å². The van der Waals surface area contributed by atoms with Crippen LogP contribution in [-0.4, -0.2) is 25.9 Å². The van der Waals surface area contributed by atoms with Gasteiger partial charge in [-0.05, 0) is 38.0 Å². The zero-order chi connectivity index (χ0) is 15.2. The van der Waals surface area contributed by atoms with E-state index >= 15 is 0 Å². The number of rotatable bonds is 6. The van der Waals surface area contributed by atoms with Crippen LogP contribution in [0.4, 0.5) is 10.5 Å². The molecule has 0 spiro atoms. The largest absolute Gasteiger partial charge is 0.446 e. The second-order valence-corrected chi connectivity index (χ2v) is 6.51. The Morgan fingerprint density at radius 1 is 1.30 bits per heavy atom. The van der Waals surface area contributed by atoms with E-state index in [0.29, 0.717) is 5.69 Å². The molecular weight excluding hydrogens is 348 g/mol. The maximum atomic E-state index is 11.7. The maximum absolute atomic E-state index is 11.7. The van der Waals surface area contributed by atoms with Crippen molar-refractivity contribution in [1.82, 2.24) is 4.72 Å². The summed E-state index contributed by atoms with van der Waals surface area (Å²) >= 11 is 3.33. The monoisotopic (exact) mass is 364 g/mol. The average molecular weight is 365 g/mol. The van der Waals surface area contributed by atoms with Crippen molar-refractivity contribution in [2.75, 3.05) is 10.1 Å². The normalized spacial score (nSPS) is 11.2. The summed E-state index contributed by atoms with van der Waals surface area (Å²) in [6, 6.07) is 6.88.